The highest BCUT2D eigenvalue weighted by molar-refractivity contribution is 6.04. The number of hydrogen-bond acceptors (Lipinski definition) is 5. The van der Waals surface area contributed by atoms with Crippen LogP contribution >= 0.6 is 0 Å². The van der Waals surface area contributed by atoms with Gasteiger partial charge in [0.15, 0.2) is 17.1 Å². The molecular formula is C18H16N2O5. The molecule has 1 atom stereocenters. The highest BCUT2D eigenvalue weighted by atomic mass is 16.6. The Morgan fingerprint density at radius 2 is 1.96 bits per heavy atom. The van der Waals surface area contributed by atoms with Crippen molar-refractivity contribution in [3.05, 3.63) is 58.1 Å². The number of benzene rings is 2. The number of hydrogen-bond donors (Lipinski definition) is 2. The number of aromatic amines is 1. The van der Waals surface area contributed by atoms with Crippen LogP contribution in [0, 0.1) is 0 Å². The summed E-state index contributed by atoms with van der Waals surface area (Å²) in [5.74, 6) is 0.487. The zero-order chi connectivity index (χ0) is 17.4. The van der Waals surface area contributed by atoms with Gasteiger partial charge in [0.1, 0.15) is 13.2 Å². The molecule has 1 unspecified atom stereocenters. The Morgan fingerprint density at radius 1 is 1.16 bits per heavy atom. The fraction of sp³-hybridized carbons (Fsp3) is 0.222. The van der Waals surface area contributed by atoms with Gasteiger partial charge in [-0.1, -0.05) is 12.1 Å². The molecular weight excluding hydrogens is 324 g/mol. The van der Waals surface area contributed by atoms with Crippen molar-refractivity contribution >= 4 is 17.0 Å². The molecule has 4 rings (SSSR count). The Hall–Kier alpha value is -3.22. The average Bonchev–Trinajstić information content (AvgIpc) is 3.01. The molecule has 1 aliphatic heterocycles. The fourth-order valence-electron chi connectivity index (χ4n) is 2.85. The van der Waals surface area contributed by atoms with Crippen LogP contribution in [0.4, 0.5) is 0 Å². The number of amides is 1. The van der Waals surface area contributed by atoms with Gasteiger partial charge in [-0.3, -0.25) is 9.78 Å². The first kappa shape index (κ1) is 15.3. The minimum absolute atomic E-state index is 0.253. The van der Waals surface area contributed by atoms with Crippen LogP contribution in [-0.2, 0) is 0 Å². The molecule has 0 spiro atoms. The van der Waals surface area contributed by atoms with Gasteiger partial charge in [-0.2, -0.15) is 0 Å². The fourth-order valence-corrected chi connectivity index (χ4v) is 2.85. The highest BCUT2D eigenvalue weighted by Crippen LogP contribution is 2.32. The van der Waals surface area contributed by atoms with Crippen molar-refractivity contribution in [3.8, 4) is 11.5 Å². The third kappa shape index (κ3) is 2.84. The standard InChI is InChI=1S/C18H16N2O5/c1-10(11-5-6-13-15(9-11)24-8-7-23-13)19-17(21)12-3-2-4-14-16(12)20-18(22)25-14/h2-6,9-10H,7-8H2,1H3,(H,19,21)(H,20,22). The molecule has 1 aliphatic rings. The molecule has 0 fully saturated rings. The van der Waals surface area contributed by atoms with Crippen LogP contribution in [0.5, 0.6) is 11.5 Å². The van der Waals surface area contributed by atoms with E-state index >= 15 is 0 Å². The van der Waals surface area contributed by atoms with Crippen molar-refractivity contribution in [3.63, 3.8) is 0 Å². The first-order valence-corrected chi connectivity index (χ1v) is 7.94. The lowest BCUT2D eigenvalue weighted by Crippen LogP contribution is -2.27. The lowest BCUT2D eigenvalue weighted by Gasteiger charge is -2.21. The molecule has 25 heavy (non-hydrogen) atoms. The van der Waals surface area contributed by atoms with Crippen molar-refractivity contribution < 1.29 is 18.7 Å². The number of para-hydroxylation sites is 1. The second-order valence-electron chi connectivity index (χ2n) is 5.79. The van der Waals surface area contributed by atoms with E-state index in [0.717, 1.165) is 5.56 Å². The van der Waals surface area contributed by atoms with Crippen LogP contribution in [0.2, 0.25) is 0 Å². The number of rotatable bonds is 3. The Bertz CT molecular complexity index is 1000. The van der Waals surface area contributed by atoms with Gasteiger partial charge in [-0.05, 0) is 36.8 Å². The Balaban J connectivity index is 1.58. The van der Waals surface area contributed by atoms with Crippen molar-refractivity contribution in [1.82, 2.24) is 10.3 Å². The van der Waals surface area contributed by atoms with Crippen LogP contribution in [0.25, 0.3) is 11.1 Å². The number of carbonyl (C=O) groups is 1. The summed E-state index contributed by atoms with van der Waals surface area (Å²) < 4.78 is 16.1. The van der Waals surface area contributed by atoms with Gasteiger partial charge in [0.25, 0.3) is 5.91 Å². The Morgan fingerprint density at radius 3 is 2.80 bits per heavy atom. The van der Waals surface area contributed by atoms with E-state index in [1.807, 2.05) is 25.1 Å². The van der Waals surface area contributed by atoms with E-state index in [0.29, 0.717) is 41.4 Å². The van der Waals surface area contributed by atoms with E-state index in [9.17, 15) is 9.59 Å². The van der Waals surface area contributed by atoms with E-state index in [-0.39, 0.29) is 11.9 Å². The van der Waals surface area contributed by atoms with Crippen molar-refractivity contribution in [1.29, 1.82) is 0 Å². The zero-order valence-electron chi connectivity index (χ0n) is 13.5. The van der Waals surface area contributed by atoms with Gasteiger partial charge in [-0.25, -0.2) is 4.79 Å². The van der Waals surface area contributed by atoms with E-state index < -0.39 is 5.76 Å². The number of nitrogens with one attached hydrogen (secondary N) is 2. The summed E-state index contributed by atoms with van der Waals surface area (Å²) in [6.45, 7) is 2.92. The minimum Gasteiger partial charge on any atom is -0.486 e. The van der Waals surface area contributed by atoms with Crippen LogP contribution in [-0.4, -0.2) is 24.1 Å². The second kappa shape index (κ2) is 6.01. The molecule has 0 bridgehead atoms. The maximum atomic E-state index is 12.6. The minimum atomic E-state index is -0.588. The van der Waals surface area contributed by atoms with Crippen LogP contribution < -0.4 is 20.5 Å². The molecule has 2 heterocycles. The normalized spacial score (nSPS) is 14.3. The summed E-state index contributed by atoms with van der Waals surface area (Å²) in [6, 6.07) is 10.3. The molecule has 0 aliphatic carbocycles. The lowest BCUT2D eigenvalue weighted by molar-refractivity contribution is 0.0941. The smallest absolute Gasteiger partial charge is 0.417 e. The van der Waals surface area contributed by atoms with Gasteiger partial charge >= 0.3 is 5.76 Å². The van der Waals surface area contributed by atoms with Gasteiger partial charge < -0.3 is 19.2 Å². The molecule has 0 radical (unpaired) electrons. The molecule has 1 aromatic heterocycles. The lowest BCUT2D eigenvalue weighted by atomic mass is 10.1. The molecule has 7 nitrogen and oxygen atoms in total. The second-order valence-corrected chi connectivity index (χ2v) is 5.79. The molecule has 0 saturated heterocycles. The van der Waals surface area contributed by atoms with Gasteiger partial charge in [0.05, 0.1) is 17.1 Å². The third-order valence-corrected chi connectivity index (χ3v) is 4.11. The highest BCUT2D eigenvalue weighted by Gasteiger charge is 2.18. The summed E-state index contributed by atoms with van der Waals surface area (Å²) >= 11 is 0. The maximum absolute atomic E-state index is 12.6. The van der Waals surface area contributed by atoms with E-state index in [4.69, 9.17) is 13.9 Å². The number of ether oxygens (including phenoxy) is 2. The van der Waals surface area contributed by atoms with Crippen molar-refractivity contribution in [2.24, 2.45) is 0 Å². The molecule has 128 valence electrons. The number of aromatic nitrogens is 1. The van der Waals surface area contributed by atoms with Crippen LogP contribution in [0.1, 0.15) is 28.9 Å². The number of oxazole rings is 1. The van der Waals surface area contributed by atoms with Gasteiger partial charge in [0, 0.05) is 0 Å². The quantitative estimate of drug-likeness (QED) is 0.763. The maximum Gasteiger partial charge on any atom is 0.417 e. The zero-order valence-corrected chi connectivity index (χ0v) is 13.5. The number of carbonyl (C=O) groups excluding carboxylic acids is 1. The number of fused-ring (bicyclic) bond motifs is 2. The first-order valence-electron chi connectivity index (χ1n) is 7.94. The van der Waals surface area contributed by atoms with Crippen molar-refractivity contribution in [2.45, 2.75) is 13.0 Å². The predicted molar refractivity (Wildman–Crippen MR) is 90.1 cm³/mol. The predicted octanol–water partition coefficient (Wildman–Crippen LogP) is 2.38. The van der Waals surface area contributed by atoms with E-state index in [1.54, 1.807) is 18.2 Å². The molecule has 0 saturated carbocycles. The van der Waals surface area contributed by atoms with Gasteiger partial charge in [0.2, 0.25) is 0 Å². The molecule has 3 aromatic rings. The van der Waals surface area contributed by atoms with Crippen molar-refractivity contribution in [2.75, 3.05) is 13.2 Å². The summed E-state index contributed by atoms with van der Waals surface area (Å²) in [7, 11) is 0. The monoisotopic (exact) mass is 340 g/mol. The summed E-state index contributed by atoms with van der Waals surface area (Å²) in [6.07, 6.45) is 0. The number of H-pyrrole nitrogens is 1. The third-order valence-electron chi connectivity index (χ3n) is 4.11. The largest absolute Gasteiger partial charge is 0.486 e. The van der Waals surface area contributed by atoms with Crippen LogP contribution in [0.15, 0.2) is 45.6 Å². The summed E-state index contributed by atoms with van der Waals surface area (Å²) in [5, 5.41) is 2.92. The first-order chi connectivity index (χ1) is 12.1. The van der Waals surface area contributed by atoms with E-state index in [1.165, 1.54) is 0 Å². The SMILES string of the molecule is CC(NC(=O)c1cccc2oc(=O)[nH]c12)c1ccc2c(c1)OCCO2. The molecule has 1 amide bonds. The summed E-state index contributed by atoms with van der Waals surface area (Å²) in [5.41, 5.74) is 1.99. The molecule has 7 heteroatoms. The van der Waals surface area contributed by atoms with E-state index in [2.05, 4.69) is 10.3 Å². The Kier molecular flexibility index (Phi) is 3.68. The topological polar surface area (TPSA) is 93.6 Å². The van der Waals surface area contributed by atoms with Gasteiger partial charge in [-0.15, -0.1) is 0 Å². The summed E-state index contributed by atoms with van der Waals surface area (Å²) in [4.78, 5) is 26.5. The molecule has 2 aromatic carbocycles. The Labute approximate surface area is 142 Å². The molecule has 2 N–H and O–H groups in total. The average molecular weight is 340 g/mol. The van der Waals surface area contributed by atoms with Crippen LogP contribution in [0.3, 0.4) is 0 Å².